The number of benzene rings is 3. The van der Waals surface area contributed by atoms with Crippen molar-refractivity contribution >= 4 is 21.4 Å². The van der Waals surface area contributed by atoms with Gasteiger partial charge in [0.1, 0.15) is 4.90 Å². The van der Waals surface area contributed by atoms with E-state index in [0.717, 1.165) is 23.1 Å². The monoisotopic (exact) mass is 417 g/mol. The predicted molar refractivity (Wildman–Crippen MR) is 120 cm³/mol. The van der Waals surface area contributed by atoms with E-state index in [1.54, 1.807) is 12.1 Å². The summed E-state index contributed by atoms with van der Waals surface area (Å²) < 4.78 is 30.0. The molecule has 0 heterocycles. The van der Waals surface area contributed by atoms with Gasteiger partial charge in [-0.25, -0.2) is 0 Å². The van der Waals surface area contributed by atoms with E-state index in [1.807, 2.05) is 49.4 Å². The molecule has 1 aliphatic carbocycles. The van der Waals surface area contributed by atoms with Crippen LogP contribution >= 0.6 is 0 Å². The molecule has 1 aliphatic rings. The van der Waals surface area contributed by atoms with Crippen molar-refractivity contribution in [2.45, 2.75) is 30.6 Å². The van der Waals surface area contributed by atoms with E-state index >= 15 is 0 Å². The van der Waals surface area contributed by atoms with E-state index in [1.165, 1.54) is 17.7 Å². The van der Waals surface area contributed by atoms with Crippen LogP contribution in [-0.4, -0.2) is 14.1 Å². The van der Waals surface area contributed by atoms with Crippen molar-refractivity contribution in [2.24, 2.45) is 5.16 Å². The quantitative estimate of drug-likeness (QED) is 0.499. The zero-order chi connectivity index (χ0) is 21.0. The maximum Gasteiger partial charge on any atom is 0.358 e. The van der Waals surface area contributed by atoms with Gasteiger partial charge in [-0.2, -0.15) is 8.42 Å². The van der Waals surface area contributed by atoms with Crippen molar-refractivity contribution < 1.29 is 12.7 Å². The molecule has 5 heteroatoms. The Bertz CT molecular complexity index is 1170. The van der Waals surface area contributed by atoms with E-state index in [2.05, 4.69) is 29.4 Å². The molecule has 3 aromatic rings. The number of rotatable bonds is 5. The van der Waals surface area contributed by atoms with Crippen molar-refractivity contribution in [1.82, 2.24) is 0 Å². The number of nitrogens with zero attached hydrogens (tertiary/aromatic N) is 1. The predicted octanol–water partition coefficient (Wildman–Crippen LogP) is 5.72. The van der Waals surface area contributed by atoms with Gasteiger partial charge in [0.25, 0.3) is 0 Å². The van der Waals surface area contributed by atoms with Crippen LogP contribution in [0, 0.1) is 6.92 Å². The number of oxime groups is 1. The summed E-state index contributed by atoms with van der Waals surface area (Å²) in [6.45, 7) is 1.90. The molecule has 0 saturated heterocycles. The second-order valence-electron chi connectivity index (χ2n) is 7.39. The SMILES string of the molecule is Cc1ccc(S(=O)(=O)O/N=C2\C=C(c3ccccc3)C(c3ccccc3)CC2)cc1. The lowest BCUT2D eigenvalue weighted by atomic mass is 9.79. The Kier molecular flexibility index (Phi) is 5.81. The summed E-state index contributed by atoms with van der Waals surface area (Å²) in [5.41, 5.74) is 5.05. The van der Waals surface area contributed by atoms with E-state index < -0.39 is 10.1 Å². The summed E-state index contributed by atoms with van der Waals surface area (Å²) in [4.78, 5) is 0.0997. The van der Waals surface area contributed by atoms with Crippen molar-refractivity contribution in [3.63, 3.8) is 0 Å². The zero-order valence-corrected chi connectivity index (χ0v) is 17.5. The molecule has 30 heavy (non-hydrogen) atoms. The van der Waals surface area contributed by atoms with Gasteiger partial charge in [-0.05, 0) is 54.7 Å². The smallest absolute Gasteiger partial charge is 0.265 e. The fourth-order valence-electron chi connectivity index (χ4n) is 3.66. The minimum atomic E-state index is -3.94. The summed E-state index contributed by atoms with van der Waals surface area (Å²) >= 11 is 0. The van der Waals surface area contributed by atoms with E-state index in [0.29, 0.717) is 12.1 Å². The van der Waals surface area contributed by atoms with Gasteiger partial charge in [0.2, 0.25) is 0 Å². The van der Waals surface area contributed by atoms with E-state index in [9.17, 15) is 8.42 Å². The number of hydrogen-bond acceptors (Lipinski definition) is 4. The molecule has 1 unspecified atom stereocenters. The van der Waals surface area contributed by atoms with Gasteiger partial charge >= 0.3 is 10.1 Å². The fraction of sp³-hybridized carbons (Fsp3) is 0.160. The molecule has 4 rings (SSSR count). The van der Waals surface area contributed by atoms with Crippen LogP contribution in [0.1, 0.15) is 35.4 Å². The van der Waals surface area contributed by atoms with Gasteiger partial charge < -0.3 is 0 Å². The molecule has 152 valence electrons. The molecule has 0 saturated carbocycles. The van der Waals surface area contributed by atoms with Crippen molar-refractivity contribution in [3.8, 4) is 0 Å². The Balaban J connectivity index is 1.65. The second kappa shape index (κ2) is 8.67. The molecule has 0 aromatic heterocycles. The molecular weight excluding hydrogens is 394 g/mol. The molecule has 0 fully saturated rings. The van der Waals surface area contributed by atoms with Crippen LogP contribution in [0.15, 0.2) is 101 Å². The summed E-state index contributed by atoms with van der Waals surface area (Å²) in [5.74, 6) is 0.223. The molecular formula is C25H23NO3S. The standard InChI is InChI=1S/C25H23NO3S/c1-19-12-15-23(16-13-19)30(27,28)29-26-22-14-17-24(20-8-4-2-5-9-20)25(18-22)21-10-6-3-7-11-21/h2-13,15-16,18,24H,14,17H2,1H3/b26-22-. The molecule has 1 atom stereocenters. The lowest BCUT2D eigenvalue weighted by Gasteiger charge is -2.25. The van der Waals surface area contributed by atoms with Crippen LogP contribution in [-0.2, 0) is 14.4 Å². The van der Waals surface area contributed by atoms with Crippen LogP contribution in [0.3, 0.4) is 0 Å². The molecule has 0 bridgehead atoms. The van der Waals surface area contributed by atoms with E-state index in [-0.39, 0.29) is 10.8 Å². The average Bonchev–Trinajstić information content (AvgIpc) is 2.79. The van der Waals surface area contributed by atoms with Gasteiger partial charge in [0, 0.05) is 5.92 Å². The third-order valence-electron chi connectivity index (χ3n) is 5.26. The van der Waals surface area contributed by atoms with Crippen LogP contribution in [0.4, 0.5) is 0 Å². The Labute approximate surface area is 177 Å². The molecule has 0 aliphatic heterocycles. The minimum Gasteiger partial charge on any atom is -0.265 e. The largest absolute Gasteiger partial charge is 0.358 e. The Morgan fingerprint density at radius 1 is 0.867 bits per heavy atom. The Morgan fingerprint density at radius 2 is 1.50 bits per heavy atom. The van der Waals surface area contributed by atoms with Gasteiger partial charge in [-0.3, -0.25) is 4.28 Å². The maximum atomic E-state index is 12.5. The third kappa shape index (κ3) is 4.52. The van der Waals surface area contributed by atoms with Gasteiger partial charge in [0.05, 0.1) is 5.71 Å². The highest BCUT2D eigenvalue weighted by Gasteiger charge is 2.24. The maximum absolute atomic E-state index is 12.5. The number of allylic oxidation sites excluding steroid dienone is 2. The molecule has 3 aromatic carbocycles. The first kappa shape index (κ1) is 20.1. The zero-order valence-electron chi connectivity index (χ0n) is 16.7. The topological polar surface area (TPSA) is 55.7 Å². The molecule has 0 N–H and O–H groups in total. The van der Waals surface area contributed by atoms with Crippen LogP contribution < -0.4 is 0 Å². The first-order valence-corrected chi connectivity index (χ1v) is 11.3. The lowest BCUT2D eigenvalue weighted by molar-refractivity contribution is 0.337. The third-order valence-corrected chi connectivity index (χ3v) is 6.38. The summed E-state index contributed by atoms with van der Waals surface area (Å²) in [7, 11) is -3.94. The van der Waals surface area contributed by atoms with Crippen molar-refractivity contribution in [2.75, 3.05) is 0 Å². The van der Waals surface area contributed by atoms with Crippen molar-refractivity contribution in [3.05, 3.63) is 108 Å². The molecule has 4 nitrogen and oxygen atoms in total. The molecule has 0 spiro atoms. The van der Waals surface area contributed by atoms with Crippen molar-refractivity contribution in [1.29, 1.82) is 0 Å². The van der Waals surface area contributed by atoms with Gasteiger partial charge in [0.15, 0.2) is 0 Å². The number of hydrogen-bond donors (Lipinski definition) is 0. The summed E-state index contributed by atoms with van der Waals surface area (Å²) in [6, 6.07) is 27.0. The summed E-state index contributed by atoms with van der Waals surface area (Å²) in [6.07, 6.45) is 3.43. The highest BCUT2D eigenvalue weighted by molar-refractivity contribution is 7.86. The van der Waals surface area contributed by atoms with E-state index in [4.69, 9.17) is 4.28 Å². The normalized spacial score (nSPS) is 18.1. The highest BCUT2D eigenvalue weighted by atomic mass is 32.2. The Hall–Kier alpha value is -3.18. The summed E-state index contributed by atoms with van der Waals surface area (Å²) in [5, 5.41) is 4.01. The van der Waals surface area contributed by atoms with Gasteiger partial charge in [-0.1, -0.05) is 83.5 Å². The Morgan fingerprint density at radius 3 is 2.17 bits per heavy atom. The average molecular weight is 418 g/mol. The molecule has 0 radical (unpaired) electrons. The highest BCUT2D eigenvalue weighted by Crippen LogP contribution is 2.39. The van der Waals surface area contributed by atoms with Gasteiger partial charge in [-0.15, -0.1) is 0 Å². The fourth-order valence-corrected chi connectivity index (χ4v) is 4.41. The minimum absolute atomic E-state index is 0.0997. The number of aryl methyl sites for hydroxylation is 1. The van der Waals surface area contributed by atoms with Crippen LogP contribution in [0.25, 0.3) is 5.57 Å². The first-order chi connectivity index (χ1) is 14.5. The first-order valence-electron chi connectivity index (χ1n) is 9.92. The second-order valence-corrected chi connectivity index (χ2v) is 8.92. The van der Waals surface area contributed by atoms with Crippen LogP contribution in [0.5, 0.6) is 0 Å². The lowest BCUT2D eigenvalue weighted by Crippen LogP contribution is -2.13. The molecule has 0 amide bonds. The van der Waals surface area contributed by atoms with Crippen LogP contribution in [0.2, 0.25) is 0 Å².